The lowest BCUT2D eigenvalue weighted by Crippen LogP contribution is -2.44. The van der Waals surface area contributed by atoms with Crippen LogP contribution in [-0.2, 0) is 23.8 Å². The second-order valence-corrected chi connectivity index (χ2v) is 7.08. The molecule has 3 heterocycles. The Morgan fingerprint density at radius 2 is 2.00 bits per heavy atom. The Morgan fingerprint density at radius 1 is 1.29 bits per heavy atom. The minimum absolute atomic E-state index is 0.0256. The lowest BCUT2D eigenvalue weighted by Gasteiger charge is -2.29. The Hall–Kier alpha value is -1.14. The Morgan fingerprint density at radius 3 is 2.62 bits per heavy atom. The molecule has 6 atom stereocenters. The summed E-state index contributed by atoms with van der Waals surface area (Å²) in [4.78, 5) is 24.5. The number of hydrogen-bond donors (Lipinski definition) is 1. The number of aliphatic hydroxyl groups is 1. The molecule has 0 aromatic heterocycles. The fraction of sp³-hybridized carbons (Fsp3) is 0.867. The predicted octanol–water partition coefficient (Wildman–Crippen LogP) is 0.656. The zero-order valence-electron chi connectivity index (χ0n) is 12.6. The first-order chi connectivity index (χ1) is 9.83. The highest BCUT2D eigenvalue weighted by molar-refractivity contribution is 5.86. The Labute approximate surface area is 123 Å². The van der Waals surface area contributed by atoms with Gasteiger partial charge in [0.1, 0.15) is 23.7 Å². The van der Waals surface area contributed by atoms with Crippen LogP contribution in [0, 0.1) is 17.8 Å². The van der Waals surface area contributed by atoms with Gasteiger partial charge in [-0.15, -0.1) is 0 Å². The zero-order valence-corrected chi connectivity index (χ0v) is 12.6. The van der Waals surface area contributed by atoms with Gasteiger partial charge in [-0.2, -0.15) is 0 Å². The molecule has 21 heavy (non-hydrogen) atoms. The van der Waals surface area contributed by atoms with Crippen molar-refractivity contribution in [1.82, 2.24) is 0 Å². The molecule has 0 aromatic rings. The third-order valence-electron chi connectivity index (χ3n) is 4.48. The largest absolute Gasteiger partial charge is 0.460 e. The lowest BCUT2D eigenvalue weighted by atomic mass is 9.73. The van der Waals surface area contributed by atoms with Gasteiger partial charge in [-0.1, -0.05) is 0 Å². The van der Waals surface area contributed by atoms with Crippen molar-refractivity contribution in [2.75, 3.05) is 6.61 Å². The quantitative estimate of drug-likeness (QED) is 0.768. The van der Waals surface area contributed by atoms with Crippen LogP contribution < -0.4 is 0 Å². The highest BCUT2D eigenvalue weighted by Gasteiger charge is 2.70. The number of rotatable bonds is 4. The first kappa shape index (κ1) is 14.8. The molecule has 0 radical (unpaired) electrons. The fourth-order valence-electron chi connectivity index (χ4n) is 3.79. The minimum atomic E-state index is -0.596. The molecule has 0 spiro atoms. The van der Waals surface area contributed by atoms with Crippen LogP contribution in [0.5, 0.6) is 0 Å². The van der Waals surface area contributed by atoms with E-state index in [4.69, 9.17) is 19.3 Å². The molecule has 6 heteroatoms. The second kappa shape index (κ2) is 4.95. The van der Waals surface area contributed by atoms with Gasteiger partial charge in [-0.3, -0.25) is 9.59 Å². The van der Waals surface area contributed by atoms with Crippen LogP contribution in [0.15, 0.2) is 0 Å². The van der Waals surface area contributed by atoms with E-state index in [1.807, 2.05) is 0 Å². The van der Waals surface area contributed by atoms with Gasteiger partial charge in [0, 0.05) is 12.5 Å². The van der Waals surface area contributed by atoms with E-state index in [0.717, 1.165) is 0 Å². The first-order valence-electron chi connectivity index (χ1n) is 7.53. The SMILES string of the molecule is CC(C)(C)OC(=O)C1C2OC3C(OC(=O)C31)C2CCCO. The maximum atomic E-state index is 12.4. The zero-order chi connectivity index (χ0) is 15.4. The summed E-state index contributed by atoms with van der Waals surface area (Å²) in [6.07, 6.45) is 0.359. The van der Waals surface area contributed by atoms with Gasteiger partial charge in [0.15, 0.2) is 0 Å². The molecule has 0 aromatic carbocycles. The molecule has 0 aliphatic carbocycles. The number of fused-ring (bicyclic) bond motifs is 1. The summed E-state index contributed by atoms with van der Waals surface area (Å²) in [5.41, 5.74) is -0.596. The highest BCUT2D eigenvalue weighted by Crippen LogP contribution is 2.54. The lowest BCUT2D eigenvalue weighted by molar-refractivity contribution is -0.165. The van der Waals surface area contributed by atoms with Gasteiger partial charge in [0.05, 0.1) is 12.0 Å². The Bertz CT molecular complexity index is 454. The van der Waals surface area contributed by atoms with Crippen LogP contribution in [0.2, 0.25) is 0 Å². The molecule has 0 amide bonds. The number of ether oxygens (including phenoxy) is 3. The van der Waals surface area contributed by atoms with Crippen LogP contribution in [0.1, 0.15) is 33.6 Å². The van der Waals surface area contributed by atoms with E-state index in [1.54, 1.807) is 20.8 Å². The summed E-state index contributed by atoms with van der Waals surface area (Å²) in [7, 11) is 0. The molecule has 3 saturated heterocycles. The molecule has 6 nitrogen and oxygen atoms in total. The standard InChI is InChI=1S/C15H22O6/c1-15(2,3)21-14(18)8-9-12-11(20-13(9)17)7(5-4-6-16)10(8)19-12/h7-12,16H,4-6H2,1-3H3. The van der Waals surface area contributed by atoms with Crippen molar-refractivity contribution in [3.63, 3.8) is 0 Å². The number of aliphatic hydroxyl groups excluding tert-OH is 1. The van der Waals surface area contributed by atoms with Crippen molar-refractivity contribution in [1.29, 1.82) is 0 Å². The maximum Gasteiger partial charge on any atom is 0.313 e. The van der Waals surface area contributed by atoms with Gasteiger partial charge in [-0.25, -0.2) is 0 Å². The van der Waals surface area contributed by atoms with Crippen molar-refractivity contribution >= 4 is 11.9 Å². The molecular weight excluding hydrogens is 276 g/mol. The van der Waals surface area contributed by atoms with E-state index < -0.39 is 17.4 Å². The van der Waals surface area contributed by atoms with E-state index in [9.17, 15) is 9.59 Å². The van der Waals surface area contributed by atoms with Crippen molar-refractivity contribution in [3.8, 4) is 0 Å². The molecule has 3 fully saturated rings. The van der Waals surface area contributed by atoms with Gasteiger partial charge in [-0.05, 0) is 33.6 Å². The molecule has 3 aliphatic heterocycles. The van der Waals surface area contributed by atoms with Crippen molar-refractivity contribution in [3.05, 3.63) is 0 Å². The number of esters is 2. The molecule has 118 valence electrons. The van der Waals surface area contributed by atoms with Crippen molar-refractivity contribution < 1.29 is 28.9 Å². The molecule has 3 aliphatic rings. The Balaban J connectivity index is 1.81. The van der Waals surface area contributed by atoms with Crippen molar-refractivity contribution in [2.45, 2.75) is 57.5 Å². The summed E-state index contributed by atoms with van der Waals surface area (Å²) in [6.45, 7) is 5.49. The van der Waals surface area contributed by atoms with E-state index in [-0.39, 0.29) is 42.8 Å². The van der Waals surface area contributed by atoms with Crippen LogP contribution in [-0.4, -0.2) is 47.6 Å². The summed E-state index contributed by atoms with van der Waals surface area (Å²) in [5, 5.41) is 9.01. The third-order valence-corrected chi connectivity index (χ3v) is 4.48. The van der Waals surface area contributed by atoms with E-state index in [2.05, 4.69) is 0 Å². The Kier molecular flexibility index (Phi) is 3.48. The minimum Gasteiger partial charge on any atom is -0.460 e. The summed E-state index contributed by atoms with van der Waals surface area (Å²) in [6, 6.07) is 0. The average Bonchev–Trinajstić information content (AvgIpc) is 2.95. The van der Waals surface area contributed by atoms with Crippen molar-refractivity contribution in [2.24, 2.45) is 17.8 Å². The molecule has 2 bridgehead atoms. The smallest absolute Gasteiger partial charge is 0.313 e. The highest BCUT2D eigenvalue weighted by atomic mass is 16.6. The monoisotopic (exact) mass is 298 g/mol. The fourth-order valence-corrected chi connectivity index (χ4v) is 3.79. The van der Waals surface area contributed by atoms with Gasteiger partial charge in [0.25, 0.3) is 0 Å². The van der Waals surface area contributed by atoms with Crippen LogP contribution in [0.25, 0.3) is 0 Å². The maximum absolute atomic E-state index is 12.4. The summed E-state index contributed by atoms with van der Waals surface area (Å²) in [5.74, 6) is -1.87. The van der Waals surface area contributed by atoms with Gasteiger partial charge in [0.2, 0.25) is 0 Å². The summed E-state index contributed by atoms with van der Waals surface area (Å²) < 4.78 is 16.7. The number of carbonyl (C=O) groups is 2. The molecular formula is C15H22O6. The molecule has 0 saturated carbocycles. The van der Waals surface area contributed by atoms with Gasteiger partial charge < -0.3 is 19.3 Å². The normalized spacial score (nSPS) is 40.5. The van der Waals surface area contributed by atoms with E-state index in [0.29, 0.717) is 12.8 Å². The topological polar surface area (TPSA) is 82.1 Å². The molecule has 6 unspecified atom stereocenters. The van der Waals surface area contributed by atoms with E-state index >= 15 is 0 Å². The average molecular weight is 298 g/mol. The number of hydrogen-bond acceptors (Lipinski definition) is 6. The van der Waals surface area contributed by atoms with Crippen LogP contribution in [0.4, 0.5) is 0 Å². The summed E-state index contributed by atoms with van der Waals surface area (Å²) >= 11 is 0. The van der Waals surface area contributed by atoms with Crippen LogP contribution in [0.3, 0.4) is 0 Å². The number of carbonyl (C=O) groups excluding carboxylic acids is 2. The first-order valence-corrected chi connectivity index (χ1v) is 7.53. The van der Waals surface area contributed by atoms with Crippen LogP contribution >= 0.6 is 0 Å². The van der Waals surface area contributed by atoms with E-state index in [1.165, 1.54) is 0 Å². The molecule has 3 rings (SSSR count). The molecule has 1 N–H and O–H groups in total. The predicted molar refractivity (Wildman–Crippen MR) is 71.2 cm³/mol. The second-order valence-electron chi connectivity index (χ2n) is 7.08. The third kappa shape index (κ3) is 2.34. The van der Waals surface area contributed by atoms with Gasteiger partial charge >= 0.3 is 11.9 Å².